The number of methoxy groups -OCH3 is 2. The van der Waals surface area contributed by atoms with Gasteiger partial charge < -0.3 is 29.3 Å². The number of halogens is 4. The van der Waals surface area contributed by atoms with Gasteiger partial charge in [0.15, 0.2) is 0 Å². The van der Waals surface area contributed by atoms with Gasteiger partial charge in [0.2, 0.25) is 5.67 Å². The van der Waals surface area contributed by atoms with Crippen LogP contribution in [-0.2, 0) is 25.2 Å². The second kappa shape index (κ2) is 13.5. The summed E-state index contributed by atoms with van der Waals surface area (Å²) < 4.78 is 74.4. The molecule has 0 saturated carbocycles. The average molecular weight is 636 g/mol. The van der Waals surface area contributed by atoms with Crippen LogP contribution in [0.5, 0.6) is 5.75 Å². The molecule has 4 atom stereocenters. The molecule has 8 nitrogen and oxygen atoms in total. The van der Waals surface area contributed by atoms with Crippen molar-refractivity contribution in [2.75, 3.05) is 71.6 Å². The summed E-state index contributed by atoms with van der Waals surface area (Å²) in [4.78, 5) is 29.5. The highest BCUT2D eigenvalue weighted by molar-refractivity contribution is 5.88. The lowest BCUT2D eigenvalue weighted by Crippen LogP contribution is -2.49. The van der Waals surface area contributed by atoms with Crippen molar-refractivity contribution in [2.24, 2.45) is 11.8 Å². The lowest BCUT2D eigenvalue weighted by atomic mass is 9.85. The third-order valence-electron chi connectivity index (χ3n) is 9.55. The SMILES string of the molecule is CCOC[C@H]1CN(C(=O)[C@]2(F)CNC[C@H]2c2ccc(OC)cc2)C[C@@H]1c1ccc(C(F)(F)F)cc1N1CCC(C(=O)OC)CC1. The van der Waals surface area contributed by atoms with E-state index in [1.165, 1.54) is 18.1 Å². The molecule has 45 heavy (non-hydrogen) atoms. The fraction of sp³-hybridized carbons (Fsp3) is 0.576. The predicted molar refractivity (Wildman–Crippen MR) is 160 cm³/mol. The van der Waals surface area contributed by atoms with E-state index in [0.717, 1.165) is 12.1 Å². The van der Waals surface area contributed by atoms with Crippen molar-refractivity contribution in [1.29, 1.82) is 0 Å². The fourth-order valence-electron chi connectivity index (χ4n) is 7.05. The monoisotopic (exact) mass is 635 g/mol. The Morgan fingerprint density at radius 2 is 1.76 bits per heavy atom. The molecule has 0 aliphatic carbocycles. The molecule has 3 aliphatic heterocycles. The Hall–Kier alpha value is -3.38. The van der Waals surface area contributed by atoms with Crippen LogP contribution >= 0.6 is 0 Å². The smallest absolute Gasteiger partial charge is 0.416 e. The van der Waals surface area contributed by atoms with Gasteiger partial charge >= 0.3 is 12.1 Å². The van der Waals surface area contributed by atoms with Crippen molar-refractivity contribution in [3.05, 3.63) is 59.2 Å². The second-order valence-electron chi connectivity index (χ2n) is 12.1. The van der Waals surface area contributed by atoms with Gasteiger partial charge in [0.1, 0.15) is 5.75 Å². The number of carbonyl (C=O) groups is 2. The van der Waals surface area contributed by atoms with E-state index in [-0.39, 0.29) is 50.0 Å². The number of piperidine rings is 1. The lowest BCUT2D eigenvalue weighted by molar-refractivity contribution is -0.146. The normalized spacial score (nSPS) is 25.9. The zero-order valence-corrected chi connectivity index (χ0v) is 25.9. The van der Waals surface area contributed by atoms with E-state index in [9.17, 15) is 22.8 Å². The summed E-state index contributed by atoms with van der Waals surface area (Å²) in [5.41, 5.74) is -1.21. The molecule has 3 saturated heterocycles. The number of nitrogens with zero attached hydrogens (tertiary/aromatic N) is 2. The minimum atomic E-state index is -4.55. The number of rotatable bonds is 9. The van der Waals surface area contributed by atoms with E-state index in [0.29, 0.717) is 61.6 Å². The largest absolute Gasteiger partial charge is 0.497 e. The van der Waals surface area contributed by atoms with E-state index in [1.54, 1.807) is 31.4 Å². The minimum Gasteiger partial charge on any atom is -0.497 e. The van der Waals surface area contributed by atoms with Gasteiger partial charge in [-0.05, 0) is 55.2 Å². The molecule has 3 aliphatic rings. The summed E-state index contributed by atoms with van der Waals surface area (Å²) in [6.07, 6.45) is -3.65. The molecule has 246 valence electrons. The summed E-state index contributed by atoms with van der Waals surface area (Å²) in [6, 6.07) is 10.7. The number of hydrogen-bond acceptors (Lipinski definition) is 7. The van der Waals surface area contributed by atoms with E-state index in [2.05, 4.69) is 5.32 Å². The van der Waals surface area contributed by atoms with Gasteiger partial charge in [-0.3, -0.25) is 9.59 Å². The molecule has 0 radical (unpaired) electrons. The number of amides is 1. The Morgan fingerprint density at radius 3 is 2.38 bits per heavy atom. The van der Waals surface area contributed by atoms with Crippen LogP contribution in [0.3, 0.4) is 0 Å². The van der Waals surface area contributed by atoms with Crippen LogP contribution in [0.4, 0.5) is 23.2 Å². The molecule has 1 amide bonds. The highest BCUT2D eigenvalue weighted by atomic mass is 19.4. The molecular weight excluding hydrogens is 594 g/mol. The first-order valence-electron chi connectivity index (χ1n) is 15.4. The Kier molecular flexibility index (Phi) is 9.93. The number of benzene rings is 2. The highest BCUT2D eigenvalue weighted by Crippen LogP contribution is 2.44. The van der Waals surface area contributed by atoms with Crippen molar-refractivity contribution in [3.8, 4) is 5.75 Å². The maximum Gasteiger partial charge on any atom is 0.416 e. The zero-order chi connectivity index (χ0) is 32.4. The molecule has 2 aromatic carbocycles. The number of carbonyl (C=O) groups excluding carboxylic acids is 2. The molecule has 5 rings (SSSR count). The van der Waals surface area contributed by atoms with Crippen LogP contribution in [0.15, 0.2) is 42.5 Å². The molecule has 1 N–H and O–H groups in total. The summed E-state index contributed by atoms with van der Waals surface area (Å²) in [5.74, 6) is -1.99. The first-order valence-corrected chi connectivity index (χ1v) is 15.4. The number of esters is 1. The summed E-state index contributed by atoms with van der Waals surface area (Å²) in [6.45, 7) is 3.82. The topological polar surface area (TPSA) is 80.3 Å². The van der Waals surface area contributed by atoms with Crippen LogP contribution in [0.2, 0.25) is 0 Å². The molecule has 0 unspecified atom stereocenters. The molecule has 0 bridgehead atoms. The number of nitrogens with one attached hydrogen (secondary N) is 1. The molecular formula is C33H41F4N3O5. The van der Waals surface area contributed by atoms with Crippen LogP contribution in [0.25, 0.3) is 0 Å². The minimum absolute atomic E-state index is 0.138. The van der Waals surface area contributed by atoms with E-state index in [4.69, 9.17) is 14.2 Å². The fourth-order valence-corrected chi connectivity index (χ4v) is 7.05. The van der Waals surface area contributed by atoms with Crippen molar-refractivity contribution in [3.63, 3.8) is 0 Å². The van der Waals surface area contributed by atoms with Gasteiger partial charge in [-0.2, -0.15) is 13.2 Å². The Bertz CT molecular complexity index is 1350. The molecule has 3 fully saturated rings. The van der Waals surface area contributed by atoms with Gasteiger partial charge in [0.05, 0.1) is 32.3 Å². The average Bonchev–Trinajstić information content (AvgIpc) is 3.66. The molecule has 0 spiro atoms. The van der Waals surface area contributed by atoms with Crippen molar-refractivity contribution in [1.82, 2.24) is 10.2 Å². The Morgan fingerprint density at radius 1 is 1.04 bits per heavy atom. The third kappa shape index (κ3) is 6.77. The number of alkyl halides is 4. The Balaban J connectivity index is 1.44. The van der Waals surface area contributed by atoms with Gasteiger partial charge in [-0.1, -0.05) is 18.2 Å². The van der Waals surface area contributed by atoms with Gasteiger partial charge in [-0.15, -0.1) is 0 Å². The summed E-state index contributed by atoms with van der Waals surface area (Å²) in [5, 5.41) is 3.05. The number of ether oxygens (including phenoxy) is 3. The number of hydrogen-bond donors (Lipinski definition) is 1. The standard InChI is InChI=1S/C33H41F4N3O5/c1-4-45-19-23-17-40(31(42)32(34)20-38-16-28(32)21-5-8-25(43-2)9-6-21)18-27(23)26-10-7-24(33(35,36)37)15-29(26)39-13-11-22(12-14-39)30(41)44-3/h5-10,15,22-23,27-28,38H,4,11-14,16-20H2,1-3H3/t23-,27+,28+,32+/m1/s1. The van der Waals surface area contributed by atoms with Gasteiger partial charge in [0.25, 0.3) is 5.91 Å². The predicted octanol–water partition coefficient (Wildman–Crippen LogP) is 4.78. The first-order chi connectivity index (χ1) is 21.5. The summed E-state index contributed by atoms with van der Waals surface area (Å²) >= 11 is 0. The van der Waals surface area contributed by atoms with Crippen LogP contribution < -0.4 is 15.0 Å². The quantitative estimate of drug-likeness (QED) is 0.314. The summed E-state index contributed by atoms with van der Waals surface area (Å²) in [7, 11) is 2.87. The van der Waals surface area contributed by atoms with Gasteiger partial charge in [-0.25, -0.2) is 4.39 Å². The van der Waals surface area contributed by atoms with E-state index >= 15 is 4.39 Å². The zero-order valence-electron chi connectivity index (χ0n) is 25.9. The molecule has 12 heteroatoms. The van der Waals surface area contributed by atoms with Crippen LogP contribution in [0, 0.1) is 11.8 Å². The van der Waals surface area contributed by atoms with Crippen molar-refractivity contribution in [2.45, 2.75) is 43.4 Å². The van der Waals surface area contributed by atoms with Crippen LogP contribution in [-0.4, -0.2) is 89.1 Å². The maximum atomic E-state index is 16.8. The third-order valence-corrected chi connectivity index (χ3v) is 9.55. The van der Waals surface area contributed by atoms with E-state index < -0.39 is 29.2 Å². The van der Waals surface area contributed by atoms with Crippen LogP contribution in [0.1, 0.15) is 48.3 Å². The number of likely N-dealkylation sites (tertiary alicyclic amines) is 1. The molecule has 2 aromatic rings. The van der Waals surface area contributed by atoms with Gasteiger partial charge in [0, 0.05) is 69.3 Å². The lowest BCUT2D eigenvalue weighted by Gasteiger charge is -2.35. The second-order valence-corrected chi connectivity index (χ2v) is 12.1. The van der Waals surface area contributed by atoms with Crippen molar-refractivity contribution >= 4 is 17.6 Å². The number of anilines is 1. The highest BCUT2D eigenvalue weighted by Gasteiger charge is 2.54. The Labute approximate surface area is 261 Å². The van der Waals surface area contributed by atoms with E-state index in [1.807, 2.05) is 11.8 Å². The maximum absolute atomic E-state index is 16.8. The molecule has 3 heterocycles. The molecule has 0 aromatic heterocycles. The van der Waals surface area contributed by atoms with Crippen molar-refractivity contribution < 1.29 is 41.4 Å². The first kappa shape index (κ1) is 33.0.